The molecule has 3 aliphatic rings. The molecule has 0 amide bonds. The molecule has 1 aromatic heterocycles. The Morgan fingerprint density at radius 2 is 2.08 bits per heavy atom. The van der Waals surface area contributed by atoms with E-state index in [9.17, 15) is 5.11 Å². The number of benzene rings is 1. The number of rotatable bonds is 3. The van der Waals surface area contributed by atoms with E-state index in [0.717, 1.165) is 31.4 Å². The molecule has 1 aromatic carbocycles. The number of aliphatic hydroxyl groups is 1. The van der Waals surface area contributed by atoms with E-state index >= 15 is 0 Å². The first kappa shape index (κ1) is 16.8. The van der Waals surface area contributed by atoms with E-state index in [4.69, 9.17) is 0 Å². The summed E-state index contributed by atoms with van der Waals surface area (Å²) in [7, 11) is 2.25. The van der Waals surface area contributed by atoms with Gasteiger partial charge in [0.1, 0.15) is 0 Å². The molecule has 0 radical (unpaired) electrons. The number of nitrogens with zero attached hydrogens (tertiary/aromatic N) is 2. The van der Waals surface area contributed by atoms with Crippen LogP contribution in [0.25, 0.3) is 10.9 Å². The predicted molar refractivity (Wildman–Crippen MR) is 105 cm³/mol. The molecule has 3 unspecified atom stereocenters. The molecule has 4 heteroatoms. The molecule has 0 aliphatic carbocycles. The molecule has 2 N–H and O–H groups in total. The molecule has 4 heterocycles. The van der Waals surface area contributed by atoms with E-state index in [0.29, 0.717) is 12.1 Å². The second-order valence-electron chi connectivity index (χ2n) is 8.87. The number of likely N-dealkylation sites (N-methyl/N-ethyl adjacent to an activating group) is 1. The lowest BCUT2D eigenvalue weighted by molar-refractivity contribution is -0.0408. The molecule has 0 saturated carbocycles. The van der Waals surface area contributed by atoms with Crippen molar-refractivity contribution in [3.8, 4) is 0 Å². The minimum atomic E-state index is -0.654. The Morgan fingerprint density at radius 3 is 2.92 bits per heavy atom. The first-order valence-corrected chi connectivity index (χ1v) is 10.4. The zero-order chi connectivity index (χ0) is 17.7. The Balaban J connectivity index is 1.44. The van der Waals surface area contributed by atoms with Crippen LogP contribution in [-0.4, -0.2) is 58.7 Å². The standard InChI is InChI=1S/C22H31N3O/c1-24-9-2-4-18(24)12-16-15-23-21-7-6-17(13-20(16)21)22(26)8-11-25-10-3-5-19(25)14-22/h6-7,13,15,18-19,23,26H,2-5,8-12,14H2,1H3. The Labute approximate surface area is 156 Å². The van der Waals surface area contributed by atoms with Crippen LogP contribution in [0.3, 0.4) is 0 Å². The van der Waals surface area contributed by atoms with E-state index < -0.39 is 5.60 Å². The molecule has 5 rings (SSSR count). The number of aromatic nitrogens is 1. The number of aromatic amines is 1. The van der Waals surface area contributed by atoms with E-state index in [1.807, 2.05) is 0 Å². The molecule has 0 bridgehead atoms. The number of nitrogens with one attached hydrogen (secondary N) is 1. The maximum absolute atomic E-state index is 11.5. The van der Waals surface area contributed by atoms with E-state index in [2.05, 4.69) is 46.2 Å². The largest absolute Gasteiger partial charge is 0.385 e. The summed E-state index contributed by atoms with van der Waals surface area (Å²) >= 11 is 0. The van der Waals surface area contributed by atoms with Crippen molar-refractivity contribution < 1.29 is 5.11 Å². The minimum Gasteiger partial charge on any atom is -0.385 e. The average Bonchev–Trinajstić information content (AvgIpc) is 3.36. The van der Waals surface area contributed by atoms with E-state index in [1.54, 1.807) is 0 Å². The third-order valence-corrected chi connectivity index (χ3v) is 7.32. The topological polar surface area (TPSA) is 42.5 Å². The van der Waals surface area contributed by atoms with Crippen LogP contribution < -0.4 is 0 Å². The number of likely N-dealkylation sites (tertiary alicyclic amines) is 1. The number of piperidine rings is 1. The SMILES string of the molecule is CN1CCCC1Cc1c[nH]c2ccc(C3(O)CCN4CCCC4C3)cc12. The number of H-pyrrole nitrogens is 1. The molecule has 3 saturated heterocycles. The van der Waals surface area contributed by atoms with Gasteiger partial charge in [0.2, 0.25) is 0 Å². The van der Waals surface area contributed by atoms with Crippen LogP contribution in [-0.2, 0) is 12.0 Å². The molecular weight excluding hydrogens is 322 g/mol. The third kappa shape index (κ3) is 2.79. The summed E-state index contributed by atoms with van der Waals surface area (Å²) in [6.07, 6.45) is 10.2. The van der Waals surface area contributed by atoms with Crippen molar-refractivity contribution in [2.75, 3.05) is 26.7 Å². The maximum Gasteiger partial charge on any atom is 0.0923 e. The predicted octanol–water partition coefficient (Wildman–Crippen LogP) is 3.25. The van der Waals surface area contributed by atoms with Gasteiger partial charge in [-0.05, 0) is 88.3 Å². The zero-order valence-corrected chi connectivity index (χ0v) is 15.9. The van der Waals surface area contributed by atoms with Gasteiger partial charge in [-0.3, -0.25) is 0 Å². The van der Waals surface area contributed by atoms with Crippen molar-refractivity contribution in [3.05, 3.63) is 35.5 Å². The van der Waals surface area contributed by atoms with E-state index in [-0.39, 0.29) is 0 Å². The highest BCUT2D eigenvalue weighted by Crippen LogP contribution is 2.40. The molecule has 3 atom stereocenters. The summed E-state index contributed by atoms with van der Waals surface area (Å²) in [6.45, 7) is 3.47. The monoisotopic (exact) mass is 353 g/mol. The van der Waals surface area contributed by atoms with Gasteiger partial charge in [0.25, 0.3) is 0 Å². The zero-order valence-electron chi connectivity index (χ0n) is 15.9. The molecule has 2 aromatic rings. The fourth-order valence-electron chi connectivity index (χ4n) is 5.63. The van der Waals surface area contributed by atoms with Crippen molar-refractivity contribution in [2.24, 2.45) is 0 Å². The van der Waals surface area contributed by atoms with Crippen molar-refractivity contribution in [1.29, 1.82) is 0 Å². The highest BCUT2D eigenvalue weighted by Gasteiger charge is 2.41. The van der Waals surface area contributed by atoms with Crippen molar-refractivity contribution in [3.63, 3.8) is 0 Å². The van der Waals surface area contributed by atoms with Gasteiger partial charge in [-0.25, -0.2) is 0 Å². The maximum atomic E-state index is 11.5. The highest BCUT2D eigenvalue weighted by molar-refractivity contribution is 5.84. The highest BCUT2D eigenvalue weighted by atomic mass is 16.3. The molecule has 3 aliphatic heterocycles. The van der Waals surface area contributed by atoms with Gasteiger partial charge in [0, 0.05) is 35.7 Å². The third-order valence-electron chi connectivity index (χ3n) is 7.32. The van der Waals surface area contributed by atoms with Crippen LogP contribution in [0.15, 0.2) is 24.4 Å². The van der Waals surface area contributed by atoms with Crippen LogP contribution in [0.4, 0.5) is 0 Å². The van der Waals surface area contributed by atoms with Gasteiger partial charge in [-0.2, -0.15) is 0 Å². The van der Waals surface area contributed by atoms with Crippen LogP contribution in [0.1, 0.15) is 49.7 Å². The number of hydrogen-bond acceptors (Lipinski definition) is 3. The molecule has 4 nitrogen and oxygen atoms in total. The first-order valence-electron chi connectivity index (χ1n) is 10.4. The Morgan fingerprint density at radius 1 is 1.19 bits per heavy atom. The normalized spacial score (nSPS) is 33.2. The summed E-state index contributed by atoms with van der Waals surface area (Å²) in [5, 5.41) is 12.8. The van der Waals surface area contributed by atoms with Gasteiger partial charge in [0.15, 0.2) is 0 Å². The van der Waals surface area contributed by atoms with Gasteiger partial charge in [-0.1, -0.05) is 6.07 Å². The number of hydrogen-bond donors (Lipinski definition) is 2. The lowest BCUT2D eigenvalue weighted by atomic mass is 9.80. The second kappa shape index (κ2) is 6.36. The minimum absolute atomic E-state index is 0.572. The fraction of sp³-hybridized carbons (Fsp3) is 0.636. The summed E-state index contributed by atoms with van der Waals surface area (Å²) in [5.41, 5.74) is 3.07. The molecule has 26 heavy (non-hydrogen) atoms. The van der Waals surface area contributed by atoms with E-state index in [1.165, 1.54) is 55.2 Å². The number of fused-ring (bicyclic) bond motifs is 2. The second-order valence-corrected chi connectivity index (χ2v) is 8.87. The fourth-order valence-corrected chi connectivity index (χ4v) is 5.63. The summed E-state index contributed by atoms with van der Waals surface area (Å²) < 4.78 is 0. The Kier molecular flexibility index (Phi) is 4.11. The summed E-state index contributed by atoms with van der Waals surface area (Å²) in [5.74, 6) is 0. The summed E-state index contributed by atoms with van der Waals surface area (Å²) in [4.78, 5) is 8.51. The molecule has 3 fully saturated rings. The average molecular weight is 354 g/mol. The van der Waals surface area contributed by atoms with Gasteiger partial charge in [-0.15, -0.1) is 0 Å². The first-order chi connectivity index (χ1) is 12.6. The van der Waals surface area contributed by atoms with Crippen molar-refractivity contribution in [1.82, 2.24) is 14.8 Å². The van der Waals surface area contributed by atoms with Crippen LogP contribution in [0.5, 0.6) is 0 Å². The van der Waals surface area contributed by atoms with Crippen LogP contribution >= 0.6 is 0 Å². The van der Waals surface area contributed by atoms with Gasteiger partial charge in [0.05, 0.1) is 5.60 Å². The van der Waals surface area contributed by atoms with Gasteiger partial charge >= 0.3 is 0 Å². The van der Waals surface area contributed by atoms with Gasteiger partial charge < -0.3 is 19.9 Å². The lowest BCUT2D eigenvalue weighted by Gasteiger charge is -2.41. The summed E-state index contributed by atoms with van der Waals surface area (Å²) in [6, 6.07) is 7.83. The molecule has 0 spiro atoms. The Bertz CT molecular complexity index is 800. The lowest BCUT2D eigenvalue weighted by Crippen LogP contribution is -2.45. The van der Waals surface area contributed by atoms with Crippen molar-refractivity contribution in [2.45, 2.75) is 62.6 Å². The Hall–Kier alpha value is -1.36. The smallest absolute Gasteiger partial charge is 0.0923 e. The van der Waals surface area contributed by atoms with Crippen LogP contribution in [0.2, 0.25) is 0 Å². The molecule has 140 valence electrons. The van der Waals surface area contributed by atoms with Crippen LogP contribution in [0, 0.1) is 0 Å². The molecular formula is C22H31N3O. The quantitative estimate of drug-likeness (QED) is 0.890. The van der Waals surface area contributed by atoms with Crippen molar-refractivity contribution >= 4 is 10.9 Å².